The Balaban J connectivity index is 1.47. The predicted octanol–water partition coefficient (Wildman–Crippen LogP) is 3.89. The predicted molar refractivity (Wildman–Crippen MR) is 118 cm³/mol. The van der Waals surface area contributed by atoms with Crippen LogP contribution in [0.3, 0.4) is 0 Å². The van der Waals surface area contributed by atoms with Gasteiger partial charge < -0.3 is 10.2 Å². The van der Waals surface area contributed by atoms with Crippen molar-refractivity contribution in [2.75, 3.05) is 4.90 Å². The van der Waals surface area contributed by atoms with Gasteiger partial charge in [-0.25, -0.2) is 5.43 Å². The number of hydrogen-bond acceptors (Lipinski definition) is 4. The molecule has 0 heterocycles. The van der Waals surface area contributed by atoms with Gasteiger partial charge in [-0.15, -0.1) is 0 Å². The molecule has 0 aromatic heterocycles. The third-order valence-corrected chi connectivity index (χ3v) is 4.68. The van der Waals surface area contributed by atoms with E-state index in [1.807, 2.05) is 60.7 Å². The molecule has 0 atom stereocenters. The third kappa shape index (κ3) is 4.91. The van der Waals surface area contributed by atoms with Crippen LogP contribution in [0.15, 0.2) is 90.0 Å². The highest BCUT2D eigenvalue weighted by atomic mass is 16.2. The largest absolute Gasteiger partial charge is 0.345 e. The van der Waals surface area contributed by atoms with Crippen molar-refractivity contribution in [2.45, 2.75) is 18.9 Å². The molecule has 1 fully saturated rings. The number of nitrogens with zero attached hydrogens (tertiary/aromatic N) is 2. The summed E-state index contributed by atoms with van der Waals surface area (Å²) in [5.74, 6) is -1.40. The molecule has 1 aliphatic rings. The summed E-state index contributed by atoms with van der Waals surface area (Å²) in [4.78, 5) is 25.5. The molecule has 0 unspecified atom stereocenters. The summed E-state index contributed by atoms with van der Waals surface area (Å²) in [6.07, 6.45) is 3.37. The van der Waals surface area contributed by atoms with Crippen LogP contribution in [0.5, 0.6) is 0 Å². The number of rotatable bonds is 6. The minimum Gasteiger partial charge on any atom is -0.345 e. The van der Waals surface area contributed by atoms with Gasteiger partial charge in [-0.2, -0.15) is 5.10 Å². The first kappa shape index (κ1) is 19.4. The zero-order valence-corrected chi connectivity index (χ0v) is 16.4. The van der Waals surface area contributed by atoms with Gasteiger partial charge in [0.15, 0.2) is 0 Å². The maximum Gasteiger partial charge on any atom is 0.329 e. The lowest BCUT2D eigenvalue weighted by Gasteiger charge is -2.25. The molecule has 3 aromatic carbocycles. The van der Waals surface area contributed by atoms with E-state index in [-0.39, 0.29) is 6.04 Å². The molecular weight excluding hydrogens is 376 g/mol. The Morgan fingerprint density at radius 2 is 1.30 bits per heavy atom. The number of nitrogens with one attached hydrogen (secondary N) is 2. The molecule has 1 saturated carbocycles. The van der Waals surface area contributed by atoms with Crippen LogP contribution in [0, 0.1) is 0 Å². The van der Waals surface area contributed by atoms with Crippen LogP contribution >= 0.6 is 0 Å². The Kier molecular flexibility index (Phi) is 5.85. The molecule has 4 rings (SSSR count). The maximum atomic E-state index is 11.7. The normalized spacial score (nSPS) is 13.1. The number of amides is 2. The van der Waals surface area contributed by atoms with E-state index in [9.17, 15) is 9.59 Å². The van der Waals surface area contributed by atoms with Crippen LogP contribution in [0.4, 0.5) is 17.1 Å². The highest BCUT2D eigenvalue weighted by Crippen LogP contribution is 2.33. The summed E-state index contributed by atoms with van der Waals surface area (Å²) in [6, 6.07) is 28.2. The molecule has 150 valence electrons. The van der Waals surface area contributed by atoms with Gasteiger partial charge in [0.25, 0.3) is 0 Å². The van der Waals surface area contributed by atoms with E-state index in [0.29, 0.717) is 0 Å². The van der Waals surface area contributed by atoms with E-state index in [0.717, 1.165) is 35.5 Å². The van der Waals surface area contributed by atoms with Crippen molar-refractivity contribution in [3.05, 3.63) is 90.5 Å². The lowest BCUT2D eigenvalue weighted by molar-refractivity contribution is -0.139. The molecule has 1 aliphatic carbocycles. The second-order valence-electron chi connectivity index (χ2n) is 7.04. The fraction of sp³-hybridized carbons (Fsp3) is 0.125. The molecule has 2 amide bonds. The molecular formula is C24H22N4O2. The third-order valence-electron chi connectivity index (χ3n) is 4.68. The number of para-hydroxylation sites is 2. The molecule has 0 bridgehead atoms. The average molecular weight is 398 g/mol. The van der Waals surface area contributed by atoms with E-state index in [1.54, 1.807) is 0 Å². The van der Waals surface area contributed by atoms with Crippen LogP contribution in [-0.2, 0) is 9.59 Å². The van der Waals surface area contributed by atoms with Gasteiger partial charge >= 0.3 is 11.8 Å². The van der Waals surface area contributed by atoms with Crippen LogP contribution in [-0.4, -0.2) is 24.1 Å². The summed E-state index contributed by atoms with van der Waals surface area (Å²) >= 11 is 0. The van der Waals surface area contributed by atoms with E-state index in [2.05, 4.69) is 45.0 Å². The molecule has 3 aromatic rings. The van der Waals surface area contributed by atoms with Crippen LogP contribution < -0.4 is 15.6 Å². The standard InChI is InChI=1S/C24H22N4O2/c29-23(26-19-13-14-19)24(30)27-25-17-18-11-15-22(16-12-18)28(20-7-3-1-4-8-20)21-9-5-2-6-10-21/h1-12,15-17,19H,13-14H2,(H,26,29)(H,27,30)/b25-17-. The van der Waals surface area contributed by atoms with Gasteiger partial charge in [-0.05, 0) is 54.8 Å². The Morgan fingerprint density at radius 3 is 1.83 bits per heavy atom. The van der Waals surface area contributed by atoms with Gasteiger partial charge in [0.05, 0.1) is 6.21 Å². The van der Waals surface area contributed by atoms with Crippen molar-refractivity contribution in [3.63, 3.8) is 0 Å². The van der Waals surface area contributed by atoms with Crippen LogP contribution in [0.2, 0.25) is 0 Å². The maximum absolute atomic E-state index is 11.7. The Labute approximate surface area is 175 Å². The second-order valence-corrected chi connectivity index (χ2v) is 7.04. The molecule has 30 heavy (non-hydrogen) atoms. The fourth-order valence-corrected chi connectivity index (χ4v) is 3.01. The second kappa shape index (κ2) is 9.05. The number of carbonyl (C=O) groups excluding carboxylic acids is 2. The minimum atomic E-state index is -0.755. The van der Waals surface area contributed by atoms with Gasteiger partial charge in [0.2, 0.25) is 0 Å². The minimum absolute atomic E-state index is 0.136. The van der Waals surface area contributed by atoms with Crippen molar-refractivity contribution in [1.82, 2.24) is 10.7 Å². The van der Waals surface area contributed by atoms with Gasteiger partial charge in [0, 0.05) is 23.1 Å². The van der Waals surface area contributed by atoms with E-state index in [4.69, 9.17) is 0 Å². The smallest absolute Gasteiger partial charge is 0.329 e. The van der Waals surface area contributed by atoms with Crippen molar-refractivity contribution in [3.8, 4) is 0 Å². The number of hydrogen-bond donors (Lipinski definition) is 2. The molecule has 0 aliphatic heterocycles. The Morgan fingerprint density at radius 1 is 0.767 bits per heavy atom. The SMILES string of the molecule is O=C(N/N=C\c1ccc(N(c2ccccc2)c2ccccc2)cc1)C(=O)NC1CC1. The summed E-state index contributed by atoms with van der Waals surface area (Å²) < 4.78 is 0. The molecule has 0 saturated heterocycles. The lowest BCUT2D eigenvalue weighted by atomic mass is 10.1. The Hall–Kier alpha value is -3.93. The van der Waals surface area contributed by atoms with Gasteiger partial charge in [-0.3, -0.25) is 9.59 Å². The molecule has 6 nitrogen and oxygen atoms in total. The Bertz CT molecular complexity index is 990. The molecule has 0 radical (unpaired) electrons. The summed E-state index contributed by atoms with van der Waals surface area (Å²) in [5.41, 5.74) is 6.18. The first-order chi connectivity index (χ1) is 14.7. The van der Waals surface area contributed by atoms with Gasteiger partial charge in [0.1, 0.15) is 0 Å². The van der Waals surface area contributed by atoms with Crippen molar-refractivity contribution in [2.24, 2.45) is 5.10 Å². The van der Waals surface area contributed by atoms with Gasteiger partial charge in [-0.1, -0.05) is 48.5 Å². The quantitative estimate of drug-likeness (QED) is 0.376. The summed E-state index contributed by atoms with van der Waals surface area (Å²) in [5, 5.41) is 6.51. The molecule has 0 spiro atoms. The topological polar surface area (TPSA) is 73.8 Å². The van der Waals surface area contributed by atoms with Crippen molar-refractivity contribution in [1.29, 1.82) is 0 Å². The number of benzene rings is 3. The van der Waals surface area contributed by atoms with E-state index in [1.165, 1.54) is 6.21 Å². The molecule has 6 heteroatoms. The van der Waals surface area contributed by atoms with Crippen LogP contribution in [0.1, 0.15) is 18.4 Å². The number of anilines is 3. The zero-order chi connectivity index (χ0) is 20.8. The average Bonchev–Trinajstić information content (AvgIpc) is 3.60. The highest BCUT2D eigenvalue weighted by Gasteiger charge is 2.26. The molecule has 2 N–H and O–H groups in total. The first-order valence-corrected chi connectivity index (χ1v) is 9.85. The summed E-state index contributed by atoms with van der Waals surface area (Å²) in [6.45, 7) is 0. The monoisotopic (exact) mass is 398 g/mol. The number of carbonyl (C=O) groups is 2. The lowest BCUT2D eigenvalue weighted by Crippen LogP contribution is -2.38. The highest BCUT2D eigenvalue weighted by molar-refractivity contribution is 6.35. The summed E-state index contributed by atoms with van der Waals surface area (Å²) in [7, 11) is 0. The van der Waals surface area contributed by atoms with Crippen LogP contribution in [0.25, 0.3) is 0 Å². The van der Waals surface area contributed by atoms with Crippen molar-refractivity contribution < 1.29 is 9.59 Å². The zero-order valence-electron chi connectivity index (χ0n) is 16.4. The number of hydrazone groups is 1. The van der Waals surface area contributed by atoms with Crippen molar-refractivity contribution >= 4 is 35.1 Å². The van der Waals surface area contributed by atoms with E-state index >= 15 is 0 Å². The fourth-order valence-electron chi connectivity index (χ4n) is 3.01. The first-order valence-electron chi connectivity index (χ1n) is 9.85. The van der Waals surface area contributed by atoms with E-state index < -0.39 is 11.8 Å².